The molecule has 0 spiro atoms. The van der Waals surface area contributed by atoms with E-state index in [2.05, 4.69) is 0 Å². The van der Waals surface area contributed by atoms with Crippen LogP contribution in [0.15, 0.2) is 18.2 Å². The molecule has 0 bridgehead atoms. The van der Waals surface area contributed by atoms with Crippen LogP contribution >= 0.6 is 23.2 Å². The van der Waals surface area contributed by atoms with Crippen LogP contribution in [0.25, 0.3) is 0 Å². The molecule has 15 heavy (non-hydrogen) atoms. The fraction of sp³-hybridized carbons (Fsp3) is 0.300. The number of halogens is 2. The van der Waals surface area contributed by atoms with Gasteiger partial charge >= 0.3 is 5.97 Å². The lowest BCUT2D eigenvalue weighted by molar-refractivity contribution is -0.161. The van der Waals surface area contributed by atoms with Gasteiger partial charge in [-0.1, -0.05) is 23.2 Å². The smallest absolute Gasteiger partial charge is 0.340 e. The largest absolute Gasteiger partial charge is 0.479 e. The van der Waals surface area contributed by atoms with Gasteiger partial charge in [0.1, 0.15) is 0 Å². The van der Waals surface area contributed by atoms with Gasteiger partial charge in [0.05, 0.1) is 0 Å². The number of carboxylic acid groups (broad SMARTS) is 1. The van der Waals surface area contributed by atoms with Crippen molar-refractivity contribution in [1.29, 1.82) is 0 Å². The third kappa shape index (κ3) is 2.25. The Labute approximate surface area is 97.6 Å². The Morgan fingerprint density at radius 2 is 2.07 bits per heavy atom. The second kappa shape index (κ2) is 4.39. The maximum Gasteiger partial charge on any atom is 0.340 e. The third-order valence-corrected chi connectivity index (χ3v) is 2.82. The number of carbonyl (C=O) groups is 1. The van der Waals surface area contributed by atoms with E-state index in [1.807, 2.05) is 0 Å². The molecular weight excluding hydrogens is 239 g/mol. The van der Waals surface area contributed by atoms with Gasteiger partial charge in [-0.2, -0.15) is 0 Å². The summed E-state index contributed by atoms with van der Waals surface area (Å²) in [6.45, 7) is 1.42. The van der Waals surface area contributed by atoms with Gasteiger partial charge in [0.25, 0.3) is 0 Å². The maximum atomic E-state index is 11.1. The van der Waals surface area contributed by atoms with Crippen molar-refractivity contribution < 1.29 is 14.6 Å². The molecule has 5 heteroatoms. The summed E-state index contributed by atoms with van der Waals surface area (Å²) in [6, 6.07) is 4.62. The second-order valence-electron chi connectivity index (χ2n) is 3.17. The molecule has 1 rings (SSSR count). The zero-order valence-corrected chi connectivity index (χ0v) is 9.76. The van der Waals surface area contributed by atoms with Crippen molar-refractivity contribution in [2.75, 3.05) is 7.11 Å². The zero-order valence-electron chi connectivity index (χ0n) is 8.25. The van der Waals surface area contributed by atoms with E-state index in [1.165, 1.54) is 20.1 Å². The minimum atomic E-state index is -1.48. The van der Waals surface area contributed by atoms with Crippen molar-refractivity contribution in [3.8, 4) is 0 Å². The molecular formula is C10H10Cl2O3. The quantitative estimate of drug-likeness (QED) is 0.895. The number of hydrogen-bond donors (Lipinski definition) is 1. The number of aliphatic carboxylic acids is 1. The molecule has 0 radical (unpaired) electrons. The Bertz CT molecular complexity index is 392. The van der Waals surface area contributed by atoms with Gasteiger partial charge in [0, 0.05) is 22.7 Å². The van der Waals surface area contributed by atoms with Crippen molar-refractivity contribution in [2.24, 2.45) is 0 Å². The zero-order chi connectivity index (χ0) is 11.6. The summed E-state index contributed by atoms with van der Waals surface area (Å²) in [5.41, 5.74) is -1.14. The maximum absolute atomic E-state index is 11.1. The Morgan fingerprint density at radius 3 is 2.53 bits per heavy atom. The van der Waals surface area contributed by atoms with E-state index in [0.717, 1.165) is 0 Å². The minimum absolute atomic E-state index is 0.311. The van der Waals surface area contributed by atoms with Crippen LogP contribution in [-0.4, -0.2) is 18.2 Å². The monoisotopic (exact) mass is 248 g/mol. The molecule has 0 aromatic heterocycles. The lowest BCUT2D eigenvalue weighted by Gasteiger charge is -2.24. The van der Waals surface area contributed by atoms with Gasteiger partial charge in [-0.05, 0) is 25.1 Å². The molecule has 1 atom stereocenters. The standard InChI is InChI=1S/C10H10Cl2O3/c1-10(15-2,9(13)14)7-5-6(11)3-4-8(7)12/h3-5H,1-2H3,(H,13,14). The van der Waals surface area contributed by atoms with Crippen molar-refractivity contribution in [2.45, 2.75) is 12.5 Å². The summed E-state index contributed by atoms with van der Waals surface area (Å²) in [7, 11) is 1.31. The van der Waals surface area contributed by atoms with Crippen LogP contribution in [0, 0.1) is 0 Å². The van der Waals surface area contributed by atoms with Crippen LogP contribution in [-0.2, 0) is 15.1 Å². The van der Waals surface area contributed by atoms with Gasteiger partial charge in [-0.15, -0.1) is 0 Å². The SMILES string of the molecule is COC(C)(C(=O)O)c1cc(Cl)ccc1Cl. The van der Waals surface area contributed by atoms with Crippen LogP contribution in [0.4, 0.5) is 0 Å². The topological polar surface area (TPSA) is 46.5 Å². The molecule has 1 aromatic rings. The number of methoxy groups -OCH3 is 1. The molecule has 0 amide bonds. The number of hydrogen-bond acceptors (Lipinski definition) is 2. The molecule has 0 saturated carbocycles. The van der Waals surface area contributed by atoms with Crippen LogP contribution < -0.4 is 0 Å². The highest BCUT2D eigenvalue weighted by molar-refractivity contribution is 6.33. The molecule has 0 saturated heterocycles. The van der Waals surface area contributed by atoms with Crippen LogP contribution in [0.5, 0.6) is 0 Å². The molecule has 1 aromatic carbocycles. The van der Waals surface area contributed by atoms with Gasteiger partial charge < -0.3 is 9.84 Å². The van der Waals surface area contributed by atoms with E-state index < -0.39 is 11.6 Å². The Morgan fingerprint density at radius 1 is 1.47 bits per heavy atom. The predicted molar refractivity (Wildman–Crippen MR) is 58.5 cm³/mol. The summed E-state index contributed by atoms with van der Waals surface area (Å²) < 4.78 is 4.98. The van der Waals surface area contributed by atoms with E-state index in [0.29, 0.717) is 15.6 Å². The van der Waals surface area contributed by atoms with E-state index in [-0.39, 0.29) is 0 Å². The van der Waals surface area contributed by atoms with Gasteiger partial charge in [0.15, 0.2) is 5.60 Å². The first-order chi connectivity index (χ1) is 6.91. The highest BCUT2D eigenvalue weighted by Gasteiger charge is 2.37. The minimum Gasteiger partial charge on any atom is -0.479 e. The van der Waals surface area contributed by atoms with E-state index in [1.54, 1.807) is 12.1 Å². The van der Waals surface area contributed by atoms with Crippen LogP contribution in [0.1, 0.15) is 12.5 Å². The third-order valence-electron chi connectivity index (χ3n) is 2.26. The van der Waals surface area contributed by atoms with Crippen LogP contribution in [0.2, 0.25) is 10.0 Å². The Hall–Kier alpha value is -0.770. The molecule has 0 heterocycles. The molecule has 0 aliphatic heterocycles. The first-order valence-electron chi connectivity index (χ1n) is 4.16. The van der Waals surface area contributed by atoms with E-state index in [4.69, 9.17) is 33.0 Å². The average molecular weight is 249 g/mol. The summed E-state index contributed by atoms with van der Waals surface area (Å²) in [4.78, 5) is 11.1. The molecule has 1 N–H and O–H groups in total. The fourth-order valence-corrected chi connectivity index (χ4v) is 1.65. The molecule has 82 valence electrons. The van der Waals surface area contributed by atoms with Crippen LogP contribution in [0.3, 0.4) is 0 Å². The van der Waals surface area contributed by atoms with Crippen molar-refractivity contribution in [3.05, 3.63) is 33.8 Å². The number of carboxylic acids is 1. The highest BCUT2D eigenvalue weighted by atomic mass is 35.5. The van der Waals surface area contributed by atoms with Crippen molar-refractivity contribution in [3.63, 3.8) is 0 Å². The Balaban J connectivity index is 3.35. The van der Waals surface area contributed by atoms with Gasteiger partial charge in [0.2, 0.25) is 0 Å². The molecule has 0 fully saturated rings. The average Bonchev–Trinajstić information content (AvgIpc) is 2.20. The summed E-state index contributed by atoms with van der Waals surface area (Å²) in [5.74, 6) is -1.12. The summed E-state index contributed by atoms with van der Waals surface area (Å²) in [6.07, 6.45) is 0. The van der Waals surface area contributed by atoms with Gasteiger partial charge in [-0.3, -0.25) is 0 Å². The van der Waals surface area contributed by atoms with Gasteiger partial charge in [-0.25, -0.2) is 4.79 Å². The fourth-order valence-electron chi connectivity index (χ4n) is 1.18. The normalized spacial score (nSPS) is 14.7. The Kier molecular flexibility index (Phi) is 3.60. The second-order valence-corrected chi connectivity index (χ2v) is 4.01. The molecule has 0 aliphatic rings. The summed E-state index contributed by atoms with van der Waals surface area (Å²) >= 11 is 11.7. The number of rotatable bonds is 3. The lowest BCUT2D eigenvalue weighted by Crippen LogP contribution is -2.34. The highest BCUT2D eigenvalue weighted by Crippen LogP contribution is 2.33. The number of benzene rings is 1. The number of ether oxygens (including phenoxy) is 1. The predicted octanol–water partition coefficient (Wildman–Crippen LogP) is 2.94. The van der Waals surface area contributed by atoms with Crippen molar-refractivity contribution in [1.82, 2.24) is 0 Å². The molecule has 0 aliphatic carbocycles. The molecule has 3 nitrogen and oxygen atoms in total. The van der Waals surface area contributed by atoms with E-state index >= 15 is 0 Å². The molecule has 1 unspecified atom stereocenters. The van der Waals surface area contributed by atoms with Crippen molar-refractivity contribution >= 4 is 29.2 Å². The first kappa shape index (κ1) is 12.3. The lowest BCUT2D eigenvalue weighted by atomic mass is 9.96. The summed E-state index contributed by atoms with van der Waals surface area (Å²) in [5, 5.41) is 9.80. The first-order valence-corrected chi connectivity index (χ1v) is 4.91. The van der Waals surface area contributed by atoms with E-state index in [9.17, 15) is 4.79 Å².